The lowest BCUT2D eigenvalue weighted by Crippen LogP contribution is -2.01. The number of para-hydroxylation sites is 1. The molecule has 0 radical (unpaired) electrons. The summed E-state index contributed by atoms with van der Waals surface area (Å²) >= 11 is 0. The summed E-state index contributed by atoms with van der Waals surface area (Å²) in [4.78, 5) is 0. The van der Waals surface area contributed by atoms with E-state index in [4.69, 9.17) is 9.47 Å². The van der Waals surface area contributed by atoms with Gasteiger partial charge in [0.1, 0.15) is 12.4 Å². The highest BCUT2D eigenvalue weighted by Gasteiger charge is 2.10. The number of hydrogen-bond acceptors (Lipinski definition) is 3. The first kappa shape index (κ1) is 13.4. The SMILES string of the molecule is COc1cccc(CO)c1OCc1cccc(F)c1. The molecule has 0 aliphatic carbocycles. The summed E-state index contributed by atoms with van der Waals surface area (Å²) in [5.41, 5.74) is 1.35. The number of aliphatic hydroxyl groups excluding tert-OH is 1. The molecule has 0 amide bonds. The van der Waals surface area contributed by atoms with E-state index < -0.39 is 0 Å². The normalized spacial score (nSPS) is 10.3. The fraction of sp³-hybridized carbons (Fsp3) is 0.200. The van der Waals surface area contributed by atoms with Crippen molar-refractivity contribution in [1.82, 2.24) is 0 Å². The van der Waals surface area contributed by atoms with Crippen molar-refractivity contribution in [1.29, 1.82) is 0 Å². The molecule has 0 aliphatic heterocycles. The molecule has 0 spiro atoms. The van der Waals surface area contributed by atoms with Gasteiger partial charge in [-0.2, -0.15) is 0 Å². The Hall–Kier alpha value is -2.07. The van der Waals surface area contributed by atoms with Crippen molar-refractivity contribution in [3.63, 3.8) is 0 Å². The van der Waals surface area contributed by atoms with Crippen LogP contribution in [0.1, 0.15) is 11.1 Å². The molecule has 0 unspecified atom stereocenters. The van der Waals surface area contributed by atoms with Crippen molar-refractivity contribution < 1.29 is 19.0 Å². The molecule has 2 aromatic rings. The van der Waals surface area contributed by atoms with Crippen LogP contribution in [0.4, 0.5) is 4.39 Å². The fourth-order valence-electron chi connectivity index (χ4n) is 1.79. The number of hydrogen-bond donors (Lipinski definition) is 1. The summed E-state index contributed by atoms with van der Waals surface area (Å²) in [6.07, 6.45) is 0. The van der Waals surface area contributed by atoms with Gasteiger partial charge in [0.2, 0.25) is 0 Å². The molecule has 4 heteroatoms. The van der Waals surface area contributed by atoms with Crippen LogP contribution in [0.5, 0.6) is 11.5 Å². The molecule has 0 aromatic heterocycles. The van der Waals surface area contributed by atoms with Gasteiger partial charge in [-0.25, -0.2) is 4.39 Å². The predicted molar refractivity (Wildman–Crippen MR) is 69.6 cm³/mol. The van der Waals surface area contributed by atoms with Crippen molar-refractivity contribution >= 4 is 0 Å². The molecule has 0 fully saturated rings. The highest BCUT2D eigenvalue weighted by atomic mass is 19.1. The molecule has 2 aromatic carbocycles. The standard InChI is InChI=1S/C15H15FO3/c1-18-14-7-3-5-12(9-17)15(14)19-10-11-4-2-6-13(16)8-11/h2-8,17H,9-10H2,1H3. The number of benzene rings is 2. The Morgan fingerprint density at radius 1 is 1.16 bits per heavy atom. The Kier molecular flexibility index (Phi) is 4.36. The maximum absolute atomic E-state index is 13.1. The Balaban J connectivity index is 2.19. The van der Waals surface area contributed by atoms with E-state index in [1.165, 1.54) is 19.2 Å². The summed E-state index contributed by atoms with van der Waals surface area (Å²) < 4.78 is 23.9. The zero-order valence-corrected chi connectivity index (χ0v) is 10.6. The Labute approximate surface area is 111 Å². The summed E-state index contributed by atoms with van der Waals surface area (Å²) in [6, 6.07) is 11.5. The third kappa shape index (κ3) is 3.23. The first-order valence-electron chi connectivity index (χ1n) is 5.88. The smallest absolute Gasteiger partial charge is 0.167 e. The van der Waals surface area contributed by atoms with E-state index in [1.54, 1.807) is 30.3 Å². The number of halogens is 1. The summed E-state index contributed by atoms with van der Waals surface area (Å²) in [5, 5.41) is 9.28. The van der Waals surface area contributed by atoms with Gasteiger partial charge in [-0.15, -0.1) is 0 Å². The highest BCUT2D eigenvalue weighted by Crippen LogP contribution is 2.31. The minimum Gasteiger partial charge on any atom is -0.493 e. The van der Waals surface area contributed by atoms with E-state index in [-0.39, 0.29) is 19.0 Å². The number of aliphatic hydroxyl groups is 1. The van der Waals surface area contributed by atoms with Gasteiger partial charge in [0.25, 0.3) is 0 Å². The van der Waals surface area contributed by atoms with E-state index in [0.29, 0.717) is 17.1 Å². The quantitative estimate of drug-likeness (QED) is 0.900. The van der Waals surface area contributed by atoms with E-state index in [9.17, 15) is 9.50 Å². The lowest BCUT2D eigenvalue weighted by atomic mass is 10.2. The van der Waals surface area contributed by atoms with Crippen molar-refractivity contribution in [3.8, 4) is 11.5 Å². The van der Waals surface area contributed by atoms with Crippen LogP contribution in [-0.4, -0.2) is 12.2 Å². The van der Waals surface area contributed by atoms with Gasteiger partial charge in [0.15, 0.2) is 11.5 Å². The minimum atomic E-state index is -0.302. The van der Waals surface area contributed by atoms with Gasteiger partial charge in [0, 0.05) is 5.56 Å². The molecule has 3 nitrogen and oxygen atoms in total. The average molecular weight is 262 g/mol. The molecule has 0 heterocycles. The largest absolute Gasteiger partial charge is 0.493 e. The Morgan fingerprint density at radius 3 is 2.63 bits per heavy atom. The van der Waals surface area contributed by atoms with Crippen LogP contribution in [0.3, 0.4) is 0 Å². The highest BCUT2D eigenvalue weighted by molar-refractivity contribution is 5.46. The first-order chi connectivity index (χ1) is 9.24. The van der Waals surface area contributed by atoms with Gasteiger partial charge in [0.05, 0.1) is 13.7 Å². The maximum atomic E-state index is 13.1. The predicted octanol–water partition coefficient (Wildman–Crippen LogP) is 2.91. The van der Waals surface area contributed by atoms with E-state index in [1.807, 2.05) is 0 Å². The summed E-state index contributed by atoms with van der Waals surface area (Å²) in [7, 11) is 1.53. The molecule has 0 bridgehead atoms. The van der Waals surface area contributed by atoms with Crippen LogP contribution in [0.25, 0.3) is 0 Å². The molecule has 0 saturated heterocycles. The maximum Gasteiger partial charge on any atom is 0.167 e. The van der Waals surface area contributed by atoms with E-state index >= 15 is 0 Å². The molecule has 0 aliphatic rings. The lowest BCUT2D eigenvalue weighted by molar-refractivity contribution is 0.249. The molecule has 19 heavy (non-hydrogen) atoms. The lowest BCUT2D eigenvalue weighted by Gasteiger charge is -2.14. The van der Waals surface area contributed by atoms with Crippen LogP contribution in [0, 0.1) is 5.82 Å². The Bertz CT molecular complexity index is 533. The minimum absolute atomic E-state index is 0.143. The first-order valence-corrected chi connectivity index (χ1v) is 5.88. The van der Waals surface area contributed by atoms with Crippen molar-refractivity contribution in [2.75, 3.05) is 7.11 Å². The third-order valence-corrected chi connectivity index (χ3v) is 2.72. The van der Waals surface area contributed by atoms with Gasteiger partial charge in [-0.1, -0.05) is 24.3 Å². The van der Waals surface area contributed by atoms with E-state index in [0.717, 1.165) is 5.56 Å². The zero-order chi connectivity index (χ0) is 13.7. The van der Waals surface area contributed by atoms with Gasteiger partial charge >= 0.3 is 0 Å². The fourth-order valence-corrected chi connectivity index (χ4v) is 1.79. The molecular formula is C15H15FO3. The molecule has 0 atom stereocenters. The van der Waals surface area contributed by atoms with Crippen molar-refractivity contribution in [2.24, 2.45) is 0 Å². The Morgan fingerprint density at radius 2 is 1.95 bits per heavy atom. The van der Waals surface area contributed by atoms with Crippen LogP contribution >= 0.6 is 0 Å². The topological polar surface area (TPSA) is 38.7 Å². The van der Waals surface area contributed by atoms with Crippen LogP contribution in [0.2, 0.25) is 0 Å². The number of methoxy groups -OCH3 is 1. The molecule has 2 rings (SSSR count). The molecule has 1 N–H and O–H groups in total. The monoisotopic (exact) mass is 262 g/mol. The zero-order valence-electron chi connectivity index (χ0n) is 10.6. The van der Waals surface area contributed by atoms with Crippen molar-refractivity contribution in [2.45, 2.75) is 13.2 Å². The summed E-state index contributed by atoms with van der Waals surface area (Å²) in [6.45, 7) is 0.0703. The van der Waals surface area contributed by atoms with E-state index in [2.05, 4.69) is 0 Å². The van der Waals surface area contributed by atoms with Gasteiger partial charge < -0.3 is 14.6 Å². The summed E-state index contributed by atoms with van der Waals surface area (Å²) in [5.74, 6) is 0.725. The average Bonchev–Trinajstić information content (AvgIpc) is 2.44. The van der Waals surface area contributed by atoms with Crippen LogP contribution in [0.15, 0.2) is 42.5 Å². The second-order valence-corrected chi connectivity index (χ2v) is 4.03. The second kappa shape index (κ2) is 6.20. The van der Waals surface area contributed by atoms with Gasteiger partial charge in [-0.3, -0.25) is 0 Å². The van der Waals surface area contributed by atoms with Crippen LogP contribution in [-0.2, 0) is 13.2 Å². The molecule has 0 saturated carbocycles. The number of ether oxygens (including phenoxy) is 2. The second-order valence-electron chi connectivity index (χ2n) is 4.03. The van der Waals surface area contributed by atoms with Crippen molar-refractivity contribution in [3.05, 3.63) is 59.4 Å². The molecule has 100 valence electrons. The third-order valence-electron chi connectivity index (χ3n) is 2.72. The van der Waals surface area contributed by atoms with Crippen LogP contribution < -0.4 is 9.47 Å². The number of rotatable bonds is 5. The molecular weight excluding hydrogens is 247 g/mol. The van der Waals surface area contributed by atoms with Gasteiger partial charge in [-0.05, 0) is 23.8 Å².